The Morgan fingerprint density at radius 1 is 1.78 bits per heavy atom. The second-order valence-corrected chi connectivity index (χ2v) is 1.58. The van der Waals surface area contributed by atoms with Gasteiger partial charge in [-0.25, -0.2) is 0 Å². The van der Waals surface area contributed by atoms with Crippen molar-refractivity contribution in [2.45, 2.75) is 13.3 Å². The fourth-order valence-corrected chi connectivity index (χ4v) is 0.369. The van der Waals surface area contributed by atoms with E-state index >= 15 is 0 Å². The molecule has 0 fully saturated rings. The van der Waals surface area contributed by atoms with Crippen molar-refractivity contribution in [1.82, 2.24) is 0 Å². The van der Waals surface area contributed by atoms with Crippen LogP contribution in [0.4, 0.5) is 0 Å². The van der Waals surface area contributed by atoms with Crippen LogP contribution < -0.4 is 5.73 Å². The molecule has 0 rings (SSSR count). The maximum Gasteiger partial charge on any atom is 0.293 e. The molecule has 3 heteroatoms. The summed E-state index contributed by atoms with van der Waals surface area (Å²) < 4.78 is 4.40. The van der Waals surface area contributed by atoms with Crippen LogP contribution in [0.25, 0.3) is 0 Å². The minimum absolute atomic E-state index is 0.375. The molecule has 0 aromatic carbocycles. The minimum Gasteiger partial charge on any atom is -0.467 e. The van der Waals surface area contributed by atoms with Gasteiger partial charge >= 0.3 is 0 Å². The van der Waals surface area contributed by atoms with Crippen molar-refractivity contribution in [3.05, 3.63) is 11.8 Å². The second kappa shape index (κ2) is 5.15. The zero-order valence-electron chi connectivity index (χ0n) is 5.46. The van der Waals surface area contributed by atoms with E-state index in [4.69, 9.17) is 5.73 Å². The first-order valence-corrected chi connectivity index (χ1v) is 2.77. The number of allylic oxidation sites excluding steroid dienone is 1. The second-order valence-electron chi connectivity index (χ2n) is 1.58. The molecule has 0 aromatic rings. The predicted molar refractivity (Wildman–Crippen MR) is 34.6 cm³/mol. The van der Waals surface area contributed by atoms with Gasteiger partial charge in [0.2, 0.25) is 0 Å². The summed E-state index contributed by atoms with van der Waals surface area (Å²) in [5, 5.41) is 0. The first-order chi connectivity index (χ1) is 4.31. The lowest BCUT2D eigenvalue weighted by atomic mass is 10.3. The molecule has 0 saturated heterocycles. The van der Waals surface area contributed by atoms with Gasteiger partial charge in [0.1, 0.15) is 0 Å². The van der Waals surface area contributed by atoms with Crippen molar-refractivity contribution < 1.29 is 9.53 Å². The molecule has 9 heavy (non-hydrogen) atoms. The third-order valence-corrected chi connectivity index (χ3v) is 0.947. The summed E-state index contributed by atoms with van der Waals surface area (Å²) in [4.78, 5) is 9.59. The highest BCUT2D eigenvalue weighted by atomic mass is 16.5. The van der Waals surface area contributed by atoms with Crippen LogP contribution >= 0.6 is 0 Å². The normalized spacial score (nSPS) is 11.0. The van der Waals surface area contributed by atoms with Crippen LogP contribution in [0.15, 0.2) is 11.8 Å². The summed E-state index contributed by atoms with van der Waals surface area (Å²) in [6, 6.07) is 0. The van der Waals surface area contributed by atoms with Gasteiger partial charge in [-0.2, -0.15) is 0 Å². The summed E-state index contributed by atoms with van der Waals surface area (Å²) in [6.45, 7) is 2.64. The Balaban J connectivity index is 3.17. The number of carbonyl (C=O) groups excluding carboxylic acids is 1. The third-order valence-electron chi connectivity index (χ3n) is 0.947. The average Bonchev–Trinajstić information content (AvgIpc) is 1.89. The fraction of sp³-hybridized carbons (Fsp3) is 0.500. The first-order valence-electron chi connectivity index (χ1n) is 2.77. The van der Waals surface area contributed by atoms with Crippen LogP contribution in [-0.4, -0.2) is 13.1 Å². The molecule has 2 N–H and O–H groups in total. The molecule has 0 aromatic heterocycles. The molecule has 0 heterocycles. The van der Waals surface area contributed by atoms with Gasteiger partial charge in [-0.05, 0) is 6.92 Å². The lowest BCUT2D eigenvalue weighted by Gasteiger charge is -1.96. The molecule has 0 spiro atoms. The van der Waals surface area contributed by atoms with Crippen LogP contribution in [0, 0.1) is 0 Å². The van der Waals surface area contributed by atoms with Gasteiger partial charge in [0, 0.05) is 12.1 Å². The van der Waals surface area contributed by atoms with E-state index in [1.54, 1.807) is 6.08 Å². The van der Waals surface area contributed by atoms with Crippen LogP contribution in [-0.2, 0) is 9.53 Å². The summed E-state index contributed by atoms with van der Waals surface area (Å²) in [7, 11) is 0. The van der Waals surface area contributed by atoms with Crippen LogP contribution in [0.1, 0.15) is 13.3 Å². The number of hydrogen-bond donors (Lipinski definition) is 1. The van der Waals surface area contributed by atoms with Gasteiger partial charge in [0.25, 0.3) is 6.47 Å². The summed E-state index contributed by atoms with van der Waals surface area (Å²) in [5.41, 5.74) is 6.13. The number of nitrogens with two attached hydrogens (primary N) is 1. The SMILES string of the molecule is C/C=C(/N)CCOC=O. The van der Waals surface area contributed by atoms with E-state index in [2.05, 4.69) is 4.74 Å². The number of rotatable bonds is 4. The van der Waals surface area contributed by atoms with Gasteiger partial charge in [0.15, 0.2) is 0 Å². The van der Waals surface area contributed by atoms with E-state index in [9.17, 15) is 4.79 Å². The van der Waals surface area contributed by atoms with E-state index in [0.717, 1.165) is 5.70 Å². The summed E-state index contributed by atoms with van der Waals surface area (Å²) >= 11 is 0. The van der Waals surface area contributed by atoms with Gasteiger partial charge in [-0.3, -0.25) is 4.79 Å². The minimum atomic E-state index is 0.375. The molecule has 0 unspecified atom stereocenters. The Bertz CT molecular complexity index is 110. The molecule has 0 amide bonds. The molecule has 0 aliphatic heterocycles. The Hall–Kier alpha value is -0.990. The first kappa shape index (κ1) is 8.01. The number of hydrogen-bond acceptors (Lipinski definition) is 3. The van der Waals surface area contributed by atoms with E-state index < -0.39 is 0 Å². The van der Waals surface area contributed by atoms with E-state index in [1.165, 1.54) is 0 Å². The van der Waals surface area contributed by atoms with Crippen LogP contribution in [0.3, 0.4) is 0 Å². The predicted octanol–water partition coefficient (Wildman–Crippen LogP) is 0.412. The molecule has 0 atom stereocenters. The van der Waals surface area contributed by atoms with Gasteiger partial charge in [0.05, 0.1) is 6.61 Å². The summed E-state index contributed by atoms with van der Waals surface area (Å²) in [5.74, 6) is 0. The third kappa shape index (κ3) is 4.87. The smallest absolute Gasteiger partial charge is 0.293 e. The highest BCUT2D eigenvalue weighted by Crippen LogP contribution is 1.90. The molecule has 3 nitrogen and oxygen atoms in total. The van der Waals surface area contributed by atoms with E-state index in [-0.39, 0.29) is 0 Å². The van der Waals surface area contributed by atoms with Crippen LogP contribution in [0.5, 0.6) is 0 Å². The monoisotopic (exact) mass is 129 g/mol. The Kier molecular flexibility index (Phi) is 4.59. The number of ether oxygens (including phenoxy) is 1. The Labute approximate surface area is 54.5 Å². The maximum atomic E-state index is 9.59. The zero-order chi connectivity index (χ0) is 7.11. The van der Waals surface area contributed by atoms with Gasteiger partial charge < -0.3 is 10.5 Å². The topological polar surface area (TPSA) is 52.3 Å². The molecule has 52 valence electrons. The lowest BCUT2D eigenvalue weighted by Crippen LogP contribution is -2.01. The highest BCUT2D eigenvalue weighted by Gasteiger charge is 1.86. The van der Waals surface area contributed by atoms with Crippen molar-refractivity contribution in [2.75, 3.05) is 6.61 Å². The zero-order valence-corrected chi connectivity index (χ0v) is 5.46. The van der Waals surface area contributed by atoms with Crippen LogP contribution in [0.2, 0.25) is 0 Å². The molecular formula is C6H11NO2. The van der Waals surface area contributed by atoms with Crippen molar-refractivity contribution in [3.8, 4) is 0 Å². The highest BCUT2D eigenvalue weighted by molar-refractivity contribution is 5.36. The van der Waals surface area contributed by atoms with Crippen molar-refractivity contribution in [3.63, 3.8) is 0 Å². The van der Waals surface area contributed by atoms with Crippen molar-refractivity contribution >= 4 is 6.47 Å². The van der Waals surface area contributed by atoms with Crippen molar-refractivity contribution in [1.29, 1.82) is 0 Å². The fourth-order valence-electron chi connectivity index (χ4n) is 0.369. The molecule has 0 bridgehead atoms. The average molecular weight is 129 g/mol. The Morgan fingerprint density at radius 2 is 2.44 bits per heavy atom. The maximum absolute atomic E-state index is 9.59. The molecular weight excluding hydrogens is 118 g/mol. The summed E-state index contributed by atoms with van der Waals surface area (Å²) in [6.07, 6.45) is 2.41. The van der Waals surface area contributed by atoms with Crippen molar-refractivity contribution in [2.24, 2.45) is 5.73 Å². The van der Waals surface area contributed by atoms with Gasteiger partial charge in [-0.1, -0.05) is 6.08 Å². The largest absolute Gasteiger partial charge is 0.467 e. The Morgan fingerprint density at radius 3 is 2.89 bits per heavy atom. The van der Waals surface area contributed by atoms with E-state index in [0.29, 0.717) is 19.5 Å². The lowest BCUT2D eigenvalue weighted by molar-refractivity contribution is -0.128. The molecule has 0 aliphatic rings. The number of carbonyl (C=O) groups is 1. The molecule has 0 aliphatic carbocycles. The standard InChI is InChI=1S/C6H11NO2/c1-2-6(7)3-4-9-5-8/h2,5H,3-4,7H2,1H3/b6-2+. The van der Waals surface area contributed by atoms with Gasteiger partial charge in [-0.15, -0.1) is 0 Å². The molecule has 0 saturated carbocycles. The van der Waals surface area contributed by atoms with E-state index in [1.807, 2.05) is 6.92 Å². The molecule has 0 radical (unpaired) electrons. The quantitative estimate of drug-likeness (QED) is 0.442.